The number of carbonyl (C=O) groups excluding carboxylic acids is 1. The van der Waals surface area contributed by atoms with E-state index in [4.69, 9.17) is 0 Å². The lowest BCUT2D eigenvalue weighted by molar-refractivity contribution is -0.133. The van der Waals surface area contributed by atoms with Crippen LogP contribution in [-0.2, 0) is 14.6 Å². The molecule has 1 atom stereocenters. The average molecular weight is 468 g/mol. The number of aryl methyl sites for hydroxylation is 3. The normalized spacial score (nSPS) is 21.9. The maximum atomic E-state index is 13.4. The van der Waals surface area contributed by atoms with Crippen molar-refractivity contribution >= 4 is 49.1 Å². The van der Waals surface area contributed by atoms with Crippen molar-refractivity contribution in [3.63, 3.8) is 0 Å². The second kappa shape index (κ2) is 8.74. The van der Waals surface area contributed by atoms with E-state index in [1.807, 2.05) is 11.8 Å². The highest BCUT2D eigenvalue weighted by atomic mass is 32.2. The quantitative estimate of drug-likeness (QED) is 0.487. The highest BCUT2D eigenvalue weighted by Gasteiger charge is 2.38. The Bertz CT molecular complexity index is 1060. The van der Waals surface area contributed by atoms with Gasteiger partial charge in [-0.15, -0.1) is 11.3 Å². The summed E-state index contributed by atoms with van der Waals surface area (Å²) >= 11 is 3.13. The lowest BCUT2D eigenvalue weighted by Gasteiger charge is -2.38. The fourth-order valence-corrected chi connectivity index (χ4v) is 8.53. The molecule has 0 aromatic carbocycles. The van der Waals surface area contributed by atoms with Gasteiger partial charge in [0.2, 0.25) is 5.91 Å². The number of nitrogens with zero attached hydrogens (tertiary/aromatic N) is 3. The van der Waals surface area contributed by atoms with Crippen molar-refractivity contribution in [2.24, 2.45) is 0 Å². The van der Waals surface area contributed by atoms with Gasteiger partial charge in [0.1, 0.15) is 15.7 Å². The van der Waals surface area contributed by atoms with Crippen LogP contribution in [0.3, 0.4) is 0 Å². The number of sulfone groups is 1. The predicted molar refractivity (Wildman–Crippen MR) is 123 cm³/mol. The molecule has 2 aliphatic rings. The van der Waals surface area contributed by atoms with Gasteiger partial charge in [0.25, 0.3) is 0 Å². The van der Waals surface area contributed by atoms with E-state index in [1.165, 1.54) is 28.6 Å². The summed E-state index contributed by atoms with van der Waals surface area (Å²) in [4.78, 5) is 26.7. The Balaban J connectivity index is 1.56. The SMILES string of the molecule is Cc1nc(SCC(=O)N(C2CCCCC2)[C@@H]2CCS(=O)(=O)C2)c2c(C)c(C)sc2n1. The maximum Gasteiger partial charge on any atom is 0.233 e. The summed E-state index contributed by atoms with van der Waals surface area (Å²) in [5.74, 6) is 1.35. The summed E-state index contributed by atoms with van der Waals surface area (Å²) in [5, 5.41) is 1.91. The lowest BCUT2D eigenvalue weighted by Crippen LogP contribution is -2.49. The summed E-state index contributed by atoms with van der Waals surface area (Å²) in [6.07, 6.45) is 5.94. The molecule has 3 heterocycles. The first-order chi connectivity index (χ1) is 14.2. The Morgan fingerprint density at radius 1 is 1.10 bits per heavy atom. The van der Waals surface area contributed by atoms with E-state index in [-0.39, 0.29) is 35.2 Å². The number of hydrogen-bond donors (Lipinski definition) is 0. The molecule has 6 nitrogen and oxygen atoms in total. The standard InChI is InChI=1S/C21H29N3O3S3/c1-13-14(2)29-21-19(13)20(22-15(3)23-21)28-11-18(25)24(16-7-5-4-6-8-16)17-9-10-30(26,27)12-17/h16-17H,4-12H2,1-3H3/t17-/m1/s1. The molecule has 0 radical (unpaired) electrons. The molecule has 2 fully saturated rings. The minimum absolute atomic E-state index is 0.0445. The number of hydrogen-bond acceptors (Lipinski definition) is 7. The molecule has 0 spiro atoms. The third kappa shape index (κ3) is 4.53. The van der Waals surface area contributed by atoms with E-state index in [0.717, 1.165) is 40.9 Å². The summed E-state index contributed by atoms with van der Waals surface area (Å²) in [6.45, 7) is 6.05. The average Bonchev–Trinajstić information content (AvgIpc) is 3.19. The van der Waals surface area contributed by atoms with E-state index >= 15 is 0 Å². The third-order valence-corrected chi connectivity index (χ3v) is 10.1. The highest BCUT2D eigenvalue weighted by molar-refractivity contribution is 8.00. The molecule has 0 unspecified atom stereocenters. The van der Waals surface area contributed by atoms with Crippen LogP contribution in [0.15, 0.2) is 5.03 Å². The van der Waals surface area contributed by atoms with Crippen LogP contribution < -0.4 is 0 Å². The molecule has 2 aromatic heterocycles. The van der Waals surface area contributed by atoms with Gasteiger partial charge in [-0.1, -0.05) is 31.0 Å². The summed E-state index contributed by atoms with van der Waals surface area (Å²) < 4.78 is 24.2. The van der Waals surface area contributed by atoms with E-state index in [1.54, 1.807) is 11.3 Å². The molecule has 30 heavy (non-hydrogen) atoms. The van der Waals surface area contributed by atoms with E-state index in [0.29, 0.717) is 12.2 Å². The molecule has 1 saturated heterocycles. The second-order valence-electron chi connectivity index (χ2n) is 8.48. The molecule has 1 amide bonds. The smallest absolute Gasteiger partial charge is 0.233 e. The van der Waals surface area contributed by atoms with Crippen LogP contribution in [0, 0.1) is 20.8 Å². The first-order valence-electron chi connectivity index (χ1n) is 10.6. The molecule has 0 N–H and O–H groups in total. The van der Waals surface area contributed by atoms with Crippen LogP contribution in [0.25, 0.3) is 10.2 Å². The molecular formula is C21H29N3O3S3. The summed E-state index contributed by atoms with van der Waals surface area (Å²) in [6, 6.07) is -0.00841. The monoisotopic (exact) mass is 467 g/mol. The molecular weight excluding hydrogens is 438 g/mol. The zero-order chi connectivity index (χ0) is 21.5. The maximum absolute atomic E-state index is 13.4. The Morgan fingerprint density at radius 2 is 1.83 bits per heavy atom. The van der Waals surface area contributed by atoms with Crippen LogP contribution in [0.5, 0.6) is 0 Å². The van der Waals surface area contributed by atoms with E-state index < -0.39 is 9.84 Å². The number of thiophene rings is 1. The van der Waals surface area contributed by atoms with E-state index in [2.05, 4.69) is 23.8 Å². The summed E-state index contributed by atoms with van der Waals surface area (Å²) in [5.41, 5.74) is 1.18. The highest BCUT2D eigenvalue weighted by Crippen LogP contribution is 2.36. The van der Waals surface area contributed by atoms with Crippen molar-refractivity contribution in [3.8, 4) is 0 Å². The van der Waals surface area contributed by atoms with Crippen molar-refractivity contribution in [2.75, 3.05) is 17.3 Å². The second-order valence-corrected chi connectivity index (χ2v) is 12.9. The fraction of sp³-hybridized carbons (Fsp3) is 0.667. The Labute approximate surface area is 186 Å². The Kier molecular flexibility index (Phi) is 6.42. The number of thioether (sulfide) groups is 1. The number of rotatable bonds is 5. The lowest BCUT2D eigenvalue weighted by atomic mass is 9.93. The van der Waals surface area contributed by atoms with Crippen molar-refractivity contribution in [2.45, 2.75) is 76.4 Å². The molecule has 9 heteroatoms. The van der Waals surface area contributed by atoms with E-state index in [9.17, 15) is 13.2 Å². The third-order valence-electron chi connectivity index (χ3n) is 6.30. The van der Waals surface area contributed by atoms with Crippen LogP contribution in [0.2, 0.25) is 0 Å². The van der Waals surface area contributed by atoms with Gasteiger partial charge in [-0.25, -0.2) is 18.4 Å². The molecule has 2 aromatic rings. The van der Waals surface area contributed by atoms with Gasteiger partial charge in [0.15, 0.2) is 9.84 Å². The van der Waals surface area contributed by atoms with Crippen molar-refractivity contribution in [1.29, 1.82) is 0 Å². The molecule has 164 valence electrons. The van der Waals surface area contributed by atoms with Gasteiger partial charge >= 0.3 is 0 Å². The zero-order valence-corrected chi connectivity index (χ0v) is 20.3. The molecule has 1 aliphatic heterocycles. The van der Waals surface area contributed by atoms with Gasteiger partial charge in [0.05, 0.1) is 17.3 Å². The minimum Gasteiger partial charge on any atom is -0.335 e. The molecule has 4 rings (SSSR count). The predicted octanol–water partition coefficient (Wildman–Crippen LogP) is 4.06. The first-order valence-corrected chi connectivity index (χ1v) is 14.3. The minimum atomic E-state index is -3.04. The number of carbonyl (C=O) groups is 1. The fourth-order valence-electron chi connectivity index (χ4n) is 4.68. The van der Waals surface area contributed by atoms with Crippen LogP contribution in [-0.4, -0.2) is 58.5 Å². The number of amides is 1. The molecule has 1 aliphatic carbocycles. The van der Waals surface area contributed by atoms with Gasteiger partial charge in [-0.2, -0.15) is 0 Å². The van der Waals surface area contributed by atoms with Gasteiger partial charge in [0, 0.05) is 22.3 Å². The van der Waals surface area contributed by atoms with Crippen molar-refractivity contribution in [1.82, 2.24) is 14.9 Å². The largest absolute Gasteiger partial charge is 0.335 e. The van der Waals surface area contributed by atoms with Crippen LogP contribution >= 0.6 is 23.1 Å². The summed E-state index contributed by atoms with van der Waals surface area (Å²) in [7, 11) is -3.04. The van der Waals surface area contributed by atoms with Gasteiger partial charge < -0.3 is 4.90 Å². The van der Waals surface area contributed by atoms with Crippen LogP contribution in [0.4, 0.5) is 0 Å². The Morgan fingerprint density at radius 3 is 2.50 bits per heavy atom. The zero-order valence-electron chi connectivity index (χ0n) is 17.8. The molecule has 1 saturated carbocycles. The topological polar surface area (TPSA) is 80.2 Å². The number of fused-ring (bicyclic) bond motifs is 1. The van der Waals surface area contributed by atoms with Crippen LogP contribution in [0.1, 0.15) is 54.8 Å². The Hall–Kier alpha value is -1.19. The van der Waals surface area contributed by atoms with Gasteiger partial charge in [-0.05, 0) is 45.6 Å². The van der Waals surface area contributed by atoms with Gasteiger partial charge in [-0.3, -0.25) is 4.79 Å². The molecule has 0 bridgehead atoms. The van der Waals surface area contributed by atoms with Crippen molar-refractivity contribution < 1.29 is 13.2 Å². The van der Waals surface area contributed by atoms with Crippen molar-refractivity contribution in [3.05, 3.63) is 16.3 Å². The first kappa shape index (κ1) is 22.0. The number of aromatic nitrogens is 2.